The summed E-state index contributed by atoms with van der Waals surface area (Å²) in [5, 5.41) is 0. The minimum Gasteiger partial charge on any atom is -0.389 e. The van der Waals surface area contributed by atoms with Gasteiger partial charge in [-0.05, 0) is 31.0 Å². The van der Waals surface area contributed by atoms with Crippen LogP contribution in [0.2, 0.25) is 0 Å². The molecule has 0 amide bonds. The molecule has 1 atom stereocenters. The Labute approximate surface area is 126 Å². The SMILES string of the molecule is CCCCCCC(C)OCc1ccc(F)c(C(N)=S)c1. The Kier molecular flexibility index (Phi) is 7.70. The summed E-state index contributed by atoms with van der Waals surface area (Å²) >= 11 is 4.82. The van der Waals surface area contributed by atoms with E-state index in [0.29, 0.717) is 6.61 Å². The summed E-state index contributed by atoms with van der Waals surface area (Å²) in [5.74, 6) is -0.381. The number of nitrogens with two attached hydrogens (primary N) is 1. The quantitative estimate of drug-likeness (QED) is 0.544. The molecule has 0 aliphatic rings. The standard InChI is InChI=1S/C16H24FNOS/c1-3-4-5-6-7-12(2)19-11-13-8-9-15(17)14(10-13)16(18)20/h8-10,12H,3-7,11H2,1-2H3,(H2,18,20). The summed E-state index contributed by atoms with van der Waals surface area (Å²) in [5.41, 5.74) is 6.67. The van der Waals surface area contributed by atoms with E-state index >= 15 is 0 Å². The van der Waals surface area contributed by atoms with Crippen LogP contribution in [0.25, 0.3) is 0 Å². The molecular weight excluding hydrogens is 273 g/mol. The van der Waals surface area contributed by atoms with Gasteiger partial charge in [0.15, 0.2) is 0 Å². The van der Waals surface area contributed by atoms with Crippen molar-refractivity contribution in [3.05, 3.63) is 35.1 Å². The third-order valence-corrected chi connectivity index (χ3v) is 3.51. The van der Waals surface area contributed by atoms with Crippen molar-refractivity contribution in [1.82, 2.24) is 0 Å². The van der Waals surface area contributed by atoms with Crippen LogP contribution in [-0.4, -0.2) is 11.1 Å². The molecule has 20 heavy (non-hydrogen) atoms. The minimum atomic E-state index is -0.381. The molecule has 1 aromatic rings. The first-order valence-corrected chi connectivity index (χ1v) is 7.65. The van der Waals surface area contributed by atoms with Crippen molar-refractivity contribution < 1.29 is 9.13 Å². The second-order valence-corrected chi connectivity index (χ2v) is 5.59. The Bertz CT molecular complexity index is 436. The van der Waals surface area contributed by atoms with Gasteiger partial charge in [0.05, 0.1) is 12.7 Å². The molecule has 0 bridgehead atoms. The Morgan fingerprint density at radius 3 is 2.75 bits per heavy atom. The van der Waals surface area contributed by atoms with E-state index in [0.717, 1.165) is 12.0 Å². The molecule has 1 aromatic carbocycles. The number of rotatable bonds is 9. The van der Waals surface area contributed by atoms with E-state index < -0.39 is 0 Å². The van der Waals surface area contributed by atoms with Crippen molar-refractivity contribution in [2.45, 2.75) is 58.7 Å². The summed E-state index contributed by atoms with van der Waals surface area (Å²) in [6, 6.07) is 4.77. The number of hydrogen-bond donors (Lipinski definition) is 1. The molecule has 112 valence electrons. The zero-order valence-corrected chi connectivity index (χ0v) is 13.1. The number of halogens is 1. The Balaban J connectivity index is 2.41. The van der Waals surface area contributed by atoms with Crippen LogP contribution >= 0.6 is 12.2 Å². The summed E-state index contributed by atoms with van der Waals surface area (Å²) in [6.45, 7) is 4.74. The first kappa shape index (κ1) is 17.1. The highest BCUT2D eigenvalue weighted by atomic mass is 32.1. The molecule has 0 aliphatic heterocycles. The Hall–Kier alpha value is -1.00. The highest BCUT2D eigenvalue weighted by Crippen LogP contribution is 2.14. The monoisotopic (exact) mass is 297 g/mol. The van der Waals surface area contributed by atoms with E-state index in [9.17, 15) is 4.39 Å². The van der Waals surface area contributed by atoms with Crippen molar-refractivity contribution in [2.24, 2.45) is 5.73 Å². The molecule has 0 fully saturated rings. The average Bonchev–Trinajstić information content (AvgIpc) is 2.42. The fourth-order valence-corrected chi connectivity index (χ4v) is 2.19. The van der Waals surface area contributed by atoms with Crippen molar-refractivity contribution in [3.63, 3.8) is 0 Å². The number of hydrogen-bond acceptors (Lipinski definition) is 2. The lowest BCUT2D eigenvalue weighted by Gasteiger charge is -2.13. The molecule has 4 heteroatoms. The van der Waals surface area contributed by atoms with Gasteiger partial charge < -0.3 is 10.5 Å². The van der Waals surface area contributed by atoms with Crippen molar-refractivity contribution >= 4 is 17.2 Å². The van der Waals surface area contributed by atoms with Crippen molar-refractivity contribution in [2.75, 3.05) is 0 Å². The molecular formula is C16H24FNOS. The Morgan fingerprint density at radius 1 is 1.35 bits per heavy atom. The average molecular weight is 297 g/mol. The molecule has 0 heterocycles. The van der Waals surface area contributed by atoms with Crippen LogP contribution < -0.4 is 5.73 Å². The molecule has 0 aromatic heterocycles. The molecule has 0 spiro atoms. The summed E-state index contributed by atoms with van der Waals surface area (Å²) in [6.07, 6.45) is 6.24. The van der Waals surface area contributed by atoms with Crippen molar-refractivity contribution in [3.8, 4) is 0 Å². The number of thiocarbonyl (C=S) groups is 1. The first-order chi connectivity index (χ1) is 9.54. The van der Waals surface area contributed by atoms with Crippen LogP contribution in [0.5, 0.6) is 0 Å². The lowest BCUT2D eigenvalue weighted by atomic mass is 10.1. The summed E-state index contributed by atoms with van der Waals surface area (Å²) < 4.78 is 19.2. The van der Waals surface area contributed by atoms with Gasteiger partial charge in [0.25, 0.3) is 0 Å². The molecule has 2 N–H and O–H groups in total. The van der Waals surface area contributed by atoms with Crippen LogP contribution in [0, 0.1) is 5.82 Å². The van der Waals surface area contributed by atoms with Gasteiger partial charge in [-0.1, -0.05) is 50.9 Å². The smallest absolute Gasteiger partial charge is 0.133 e. The van der Waals surface area contributed by atoms with Gasteiger partial charge in [0, 0.05) is 5.56 Å². The third-order valence-electron chi connectivity index (χ3n) is 3.29. The van der Waals surface area contributed by atoms with E-state index in [1.54, 1.807) is 12.1 Å². The van der Waals surface area contributed by atoms with Crippen LogP contribution in [0.1, 0.15) is 57.1 Å². The molecule has 0 aliphatic carbocycles. The molecule has 0 radical (unpaired) electrons. The van der Waals surface area contributed by atoms with E-state index in [-0.39, 0.29) is 22.5 Å². The van der Waals surface area contributed by atoms with Gasteiger partial charge in [-0.3, -0.25) is 0 Å². The maximum absolute atomic E-state index is 13.5. The minimum absolute atomic E-state index is 0.0805. The van der Waals surface area contributed by atoms with Crippen LogP contribution in [-0.2, 0) is 11.3 Å². The lowest BCUT2D eigenvalue weighted by Crippen LogP contribution is -2.13. The molecule has 0 saturated heterocycles. The van der Waals surface area contributed by atoms with Crippen LogP contribution in [0.3, 0.4) is 0 Å². The maximum atomic E-state index is 13.5. The number of unbranched alkanes of at least 4 members (excludes halogenated alkanes) is 3. The predicted octanol–water partition coefficient (Wildman–Crippen LogP) is 4.34. The number of ether oxygens (including phenoxy) is 1. The highest BCUT2D eigenvalue weighted by Gasteiger charge is 2.08. The van der Waals surface area contributed by atoms with E-state index in [4.69, 9.17) is 22.7 Å². The van der Waals surface area contributed by atoms with E-state index in [1.165, 1.54) is 31.7 Å². The fraction of sp³-hybridized carbons (Fsp3) is 0.562. The Morgan fingerprint density at radius 2 is 2.10 bits per heavy atom. The zero-order valence-electron chi connectivity index (χ0n) is 12.3. The first-order valence-electron chi connectivity index (χ1n) is 7.24. The van der Waals surface area contributed by atoms with Gasteiger partial charge in [-0.15, -0.1) is 0 Å². The summed E-state index contributed by atoms with van der Waals surface area (Å²) in [7, 11) is 0. The second kappa shape index (κ2) is 9.03. The third kappa shape index (κ3) is 5.97. The highest BCUT2D eigenvalue weighted by molar-refractivity contribution is 7.80. The van der Waals surface area contributed by atoms with Gasteiger partial charge in [-0.25, -0.2) is 4.39 Å². The van der Waals surface area contributed by atoms with Crippen LogP contribution in [0.15, 0.2) is 18.2 Å². The predicted molar refractivity (Wildman–Crippen MR) is 85.3 cm³/mol. The van der Waals surface area contributed by atoms with E-state index in [1.807, 2.05) is 0 Å². The maximum Gasteiger partial charge on any atom is 0.133 e. The second-order valence-electron chi connectivity index (χ2n) is 5.15. The molecule has 2 nitrogen and oxygen atoms in total. The van der Waals surface area contributed by atoms with Gasteiger partial charge in [0.2, 0.25) is 0 Å². The zero-order chi connectivity index (χ0) is 15.0. The molecule has 0 saturated carbocycles. The largest absolute Gasteiger partial charge is 0.389 e. The van der Waals surface area contributed by atoms with Crippen LogP contribution in [0.4, 0.5) is 4.39 Å². The van der Waals surface area contributed by atoms with Gasteiger partial charge in [0.1, 0.15) is 10.8 Å². The fourth-order valence-electron chi connectivity index (χ4n) is 2.03. The normalized spacial score (nSPS) is 12.3. The van der Waals surface area contributed by atoms with Gasteiger partial charge in [-0.2, -0.15) is 0 Å². The number of benzene rings is 1. The van der Waals surface area contributed by atoms with Crippen molar-refractivity contribution in [1.29, 1.82) is 0 Å². The lowest BCUT2D eigenvalue weighted by molar-refractivity contribution is 0.0458. The van der Waals surface area contributed by atoms with Gasteiger partial charge >= 0.3 is 0 Å². The topological polar surface area (TPSA) is 35.2 Å². The molecule has 1 unspecified atom stereocenters. The molecule has 1 rings (SSSR count). The van der Waals surface area contributed by atoms with E-state index in [2.05, 4.69) is 13.8 Å². The summed E-state index contributed by atoms with van der Waals surface area (Å²) in [4.78, 5) is 0.0805.